The Bertz CT molecular complexity index is 6080. The Balaban J connectivity index is 0.000000103. The normalized spacial score (nSPS) is 34.9. The number of carbonyl (C=O) groups excluding carboxylic acids is 7. The molecule has 25 rings (SSSR count). The quantitative estimate of drug-likeness (QED) is 0.0982. The Labute approximate surface area is 831 Å². The third kappa shape index (κ3) is 14.5. The van der Waals surface area contributed by atoms with Crippen molar-refractivity contribution in [1.82, 2.24) is 44.3 Å². The van der Waals surface area contributed by atoms with Gasteiger partial charge in [-0.1, -0.05) is 128 Å². The predicted molar refractivity (Wildman–Crippen MR) is 546 cm³/mol. The molecule has 140 heavy (non-hydrogen) atoms. The van der Waals surface area contributed by atoms with Crippen LogP contribution in [0.5, 0.6) is 0 Å². The highest BCUT2D eigenvalue weighted by atomic mass is 16.4. The molecule has 1 aromatic heterocycles. The topological polar surface area (TPSA) is 254 Å². The Morgan fingerprint density at radius 2 is 0.657 bits per heavy atom. The number of imidazole rings is 1. The number of hydrogen-bond donors (Lipinski definition) is 4. The largest absolute Gasteiger partial charge is 0.481 e. The molecule has 24 atom stereocenters. The molecule has 12 aliphatic heterocycles. The molecule has 6 spiro atoms. The summed E-state index contributed by atoms with van der Waals surface area (Å²) in [6, 6.07) is 28.0. The van der Waals surface area contributed by atoms with Crippen LogP contribution in [0.15, 0.2) is 85.3 Å². The fourth-order valence-electron chi connectivity index (χ4n) is 34.3. The van der Waals surface area contributed by atoms with Crippen molar-refractivity contribution in [2.45, 2.75) is 293 Å². The minimum atomic E-state index is -0.745. The van der Waals surface area contributed by atoms with Crippen LogP contribution in [0.3, 0.4) is 0 Å². The molecule has 20 heteroatoms. The number of nitrogens with two attached hydrogens (primary N) is 1. The molecular formula is C120H156N10O10. The molecule has 12 fully saturated rings. The SMILES string of the molecule is CCN(CC)C[C@@H]1[C@@H](C)C[C@@]23c4cc(C)c(C)cc4CCN2C(=O)C[C@@H]13.Cc1cc2c(cc1C)[C@@]13C[C@H](C)[C@@H](C(=O)O)[C@@H]1CC(=O)N3CC2.Cc1cc2c(cc1C)[C@@]13C[C@H](C)[C@@H](C=O)[C@@H]1CC(=O)N3CC2.Cc1cc2c(cc1C)[C@@]13C[C@H](C)[C@@H](CN)[C@@H]1CC(=O)N3CC2.Cc1cc2c(cc1C)[C@@]13C[C@H](C)[C@@H](CO)[C@@H]1CC(=O)N3CC2.Cc1cc2c(cc1C)[C@@]13C[C@H](C)[C@@H](c4cnc[nH]4)[C@@H]1CC(=O)N3CC2. The van der Waals surface area contributed by atoms with Crippen LogP contribution in [0.1, 0.15) is 278 Å². The van der Waals surface area contributed by atoms with E-state index in [2.05, 4.69) is 244 Å². The van der Waals surface area contributed by atoms with Crippen molar-refractivity contribution in [2.24, 2.45) is 106 Å². The van der Waals surface area contributed by atoms with Crippen molar-refractivity contribution < 1.29 is 48.6 Å². The third-order valence-corrected chi connectivity index (χ3v) is 41.4. The number of rotatable bonds is 9. The number of hydrogen-bond acceptors (Lipinski definition) is 12. The van der Waals surface area contributed by atoms with E-state index in [1.807, 2.05) is 18.0 Å². The minimum absolute atomic E-state index is 0.0153. The van der Waals surface area contributed by atoms with E-state index >= 15 is 0 Å². The number of benzene rings is 6. The first-order valence-electron chi connectivity index (χ1n) is 53.9. The molecular weight excluding hydrogens is 1740 g/mol. The van der Waals surface area contributed by atoms with Gasteiger partial charge in [0.1, 0.15) is 6.29 Å². The van der Waals surface area contributed by atoms with Gasteiger partial charge in [-0.3, -0.25) is 33.6 Å². The molecule has 5 N–H and O–H groups in total. The fourth-order valence-corrected chi connectivity index (χ4v) is 34.3. The number of aromatic nitrogens is 2. The number of fused-ring (bicyclic) bond motifs is 6. The lowest BCUT2D eigenvalue weighted by molar-refractivity contribution is -0.145. The van der Waals surface area contributed by atoms with Gasteiger partial charge in [0.05, 0.1) is 45.5 Å². The number of aliphatic hydroxyl groups is 1. The lowest BCUT2D eigenvalue weighted by Crippen LogP contribution is -2.49. The number of nitrogens with one attached hydrogen (secondary N) is 1. The summed E-state index contributed by atoms with van der Waals surface area (Å²) in [5.74, 6) is 6.62. The number of aliphatic hydroxyl groups excluding tert-OH is 1. The van der Waals surface area contributed by atoms with Gasteiger partial charge in [0, 0.05) is 138 Å². The fraction of sp³-hybridized carbons (Fsp3) is 0.608. The second-order valence-corrected chi connectivity index (χ2v) is 47.8. The monoisotopic (exact) mass is 1900 g/mol. The van der Waals surface area contributed by atoms with Crippen molar-refractivity contribution in [2.75, 3.05) is 72.1 Å². The molecule has 746 valence electrons. The van der Waals surface area contributed by atoms with Crippen LogP contribution < -0.4 is 5.73 Å². The van der Waals surface area contributed by atoms with Gasteiger partial charge < -0.3 is 60.0 Å². The molecule has 6 saturated heterocycles. The molecule has 6 amide bonds. The lowest BCUT2D eigenvalue weighted by atomic mass is 9.73. The zero-order valence-corrected chi connectivity index (χ0v) is 87.4. The highest BCUT2D eigenvalue weighted by Crippen LogP contribution is 2.69. The van der Waals surface area contributed by atoms with Gasteiger partial charge in [-0.25, -0.2) is 4.98 Å². The van der Waals surface area contributed by atoms with Gasteiger partial charge in [0.25, 0.3) is 0 Å². The van der Waals surface area contributed by atoms with Gasteiger partial charge in [-0.2, -0.15) is 0 Å². The average Bonchev–Trinajstić information content (AvgIpc) is 1.52. The number of H-pyrrole nitrogens is 1. The van der Waals surface area contributed by atoms with Gasteiger partial charge in [0.2, 0.25) is 35.4 Å². The first kappa shape index (κ1) is 97.8. The Kier molecular flexibility index (Phi) is 25.1. The summed E-state index contributed by atoms with van der Waals surface area (Å²) in [6.07, 6.45) is 20.3. The highest BCUT2D eigenvalue weighted by molar-refractivity contribution is 5.87. The lowest BCUT2D eigenvalue weighted by Gasteiger charge is -2.45. The molecule has 0 radical (unpaired) electrons. The van der Waals surface area contributed by atoms with E-state index in [1.54, 1.807) is 6.33 Å². The summed E-state index contributed by atoms with van der Waals surface area (Å²) in [7, 11) is 0. The second kappa shape index (κ2) is 36.0. The summed E-state index contributed by atoms with van der Waals surface area (Å²) in [5.41, 5.74) is 39.1. The van der Waals surface area contributed by atoms with E-state index < -0.39 is 11.9 Å². The smallest absolute Gasteiger partial charge is 0.307 e. The number of carboxylic acids is 1. The number of amides is 6. The van der Waals surface area contributed by atoms with Gasteiger partial charge >= 0.3 is 5.97 Å². The number of carbonyl (C=O) groups is 8. The minimum Gasteiger partial charge on any atom is -0.481 e. The van der Waals surface area contributed by atoms with Crippen LogP contribution in [-0.4, -0.2) is 174 Å². The number of nitrogens with zero attached hydrogens (tertiary/aromatic N) is 8. The number of aryl methyl sites for hydroxylation is 12. The second-order valence-electron chi connectivity index (χ2n) is 47.8. The number of aromatic amines is 1. The molecule has 13 heterocycles. The third-order valence-electron chi connectivity index (χ3n) is 41.4. The summed E-state index contributed by atoms with van der Waals surface area (Å²) in [6.45, 7) is 53.4. The molecule has 6 aliphatic carbocycles. The van der Waals surface area contributed by atoms with E-state index in [9.17, 15) is 48.6 Å². The molecule has 0 bridgehead atoms. The summed E-state index contributed by atoms with van der Waals surface area (Å²) >= 11 is 0. The predicted octanol–water partition coefficient (Wildman–Crippen LogP) is 17.8. The van der Waals surface area contributed by atoms with Crippen molar-refractivity contribution in [3.05, 3.63) is 225 Å². The van der Waals surface area contributed by atoms with Gasteiger partial charge in [-0.15, -0.1) is 0 Å². The maximum Gasteiger partial charge on any atom is 0.307 e. The van der Waals surface area contributed by atoms with Crippen LogP contribution >= 0.6 is 0 Å². The molecule has 6 saturated carbocycles. The van der Waals surface area contributed by atoms with Crippen molar-refractivity contribution in [3.63, 3.8) is 0 Å². The van der Waals surface area contributed by atoms with E-state index in [0.717, 1.165) is 149 Å². The first-order chi connectivity index (χ1) is 66.8. The van der Waals surface area contributed by atoms with Crippen molar-refractivity contribution >= 4 is 47.7 Å². The molecule has 6 aromatic carbocycles. The van der Waals surface area contributed by atoms with Crippen molar-refractivity contribution in [3.8, 4) is 0 Å². The van der Waals surface area contributed by atoms with Crippen LogP contribution in [0, 0.1) is 184 Å². The maximum atomic E-state index is 13.0. The Morgan fingerprint density at radius 3 is 0.979 bits per heavy atom. The average molecular weight is 1900 g/mol. The molecule has 0 unspecified atom stereocenters. The number of aldehydes is 1. The van der Waals surface area contributed by atoms with Crippen LogP contribution in [0.2, 0.25) is 0 Å². The first-order valence-corrected chi connectivity index (χ1v) is 53.9. The molecule has 20 nitrogen and oxygen atoms in total. The summed E-state index contributed by atoms with van der Waals surface area (Å²) in [5, 5.41) is 19.6. The Hall–Kier alpha value is -9.63. The Morgan fingerprint density at radius 1 is 0.386 bits per heavy atom. The zero-order valence-electron chi connectivity index (χ0n) is 87.4. The number of carboxylic acid groups (broad SMARTS) is 1. The molecule has 7 aromatic rings. The van der Waals surface area contributed by atoms with Crippen LogP contribution in [-0.2, 0) is 110 Å². The maximum absolute atomic E-state index is 13.0. The zero-order chi connectivity index (χ0) is 99.4. The van der Waals surface area contributed by atoms with Gasteiger partial charge in [0.15, 0.2) is 0 Å². The van der Waals surface area contributed by atoms with E-state index in [1.165, 1.54) is 139 Å². The standard InChI is InChI=1S/C23H34N2O.C21H25N3O.C19H26N2O.C19H23NO3.C19H25NO2.C19H23NO2/c1-6-24(7-2)14-19-17(5)13-23-20-11-16(4)15(3)10-18(20)8-9-25(23)22(26)12-21(19)23;1-12-6-15-4-5-24-19(25)8-17-20(18-10-22-11-23-18)14(3)9-21(17,24)16(15)7-13(12)2;1-11-6-14-4-5-21-18(22)8-17-15(10-20)13(3)9-19(17,21)16(14)7-12(11)2;1-10-6-13-4-5-20-16(21)8-15-17(18(22)23)12(3)9-19(15,20)14(13)7-11(10)2;2*1-11-6-14-4-5-20-18(22)8-17-15(10-21)13(3)9-19(17,20)16(14)7-12(11)2/h10-11,17,19,21H,6-9,12-14H2,1-5H3;6-7,10-11,14,17,20H,4-5,8-9H2,1-3H3,(H,22,23);6-7,13,15,17H,4-5,8-10,20H2,1-3H3;6-7,12,15,17H,4-5,8-9H2,1-3H3,(H,22,23);6-7,13,15,17,21H,4-5,8-10H2,1-3H3;6-7,10,13,15,17H,4-5,8-9H2,1-3H3/t17-,19+,21-,23-;14-,17-,20+,21-;13-,15+,17-,19-;12-,15-,17+,19-;2*13-,15+,17-,19-/m000000/s1. The number of aliphatic carboxylic acids is 1. The highest BCUT2D eigenvalue weighted by Gasteiger charge is 2.71. The van der Waals surface area contributed by atoms with Crippen molar-refractivity contribution in [1.29, 1.82) is 0 Å². The molecule has 18 aliphatic rings. The van der Waals surface area contributed by atoms with E-state index in [4.69, 9.17) is 5.73 Å². The summed E-state index contributed by atoms with van der Waals surface area (Å²) < 4.78 is 0. The van der Waals surface area contributed by atoms with Gasteiger partial charge in [-0.05, 0) is 378 Å². The van der Waals surface area contributed by atoms with Crippen LogP contribution in [0.4, 0.5) is 0 Å². The van der Waals surface area contributed by atoms with E-state index in [0.29, 0.717) is 127 Å². The summed E-state index contributed by atoms with van der Waals surface area (Å²) in [4.78, 5) is 123. The van der Waals surface area contributed by atoms with E-state index in [-0.39, 0.29) is 87.2 Å². The van der Waals surface area contributed by atoms with Crippen LogP contribution in [0.25, 0.3) is 0 Å².